The van der Waals surface area contributed by atoms with Gasteiger partial charge in [-0.05, 0) is 12.1 Å². The van der Waals surface area contributed by atoms with Gasteiger partial charge in [0.25, 0.3) is 10.0 Å². The van der Waals surface area contributed by atoms with Gasteiger partial charge in [0.2, 0.25) is 0 Å². The van der Waals surface area contributed by atoms with E-state index in [4.69, 9.17) is 0 Å². The second-order valence-electron chi connectivity index (χ2n) is 4.50. The summed E-state index contributed by atoms with van der Waals surface area (Å²) in [5, 5.41) is 3.28. The predicted octanol–water partition coefficient (Wildman–Crippen LogP) is 2.44. The lowest BCUT2D eigenvalue weighted by Gasteiger charge is -2.17. The fourth-order valence-corrected chi connectivity index (χ4v) is 4.45. The van der Waals surface area contributed by atoms with Crippen LogP contribution in [-0.4, -0.2) is 31.9 Å². The van der Waals surface area contributed by atoms with Crippen LogP contribution in [0, 0.1) is 0 Å². The van der Waals surface area contributed by atoms with E-state index in [0.717, 1.165) is 4.88 Å². The molecule has 1 heterocycles. The van der Waals surface area contributed by atoms with E-state index in [0.29, 0.717) is 29.9 Å². The first-order chi connectivity index (χ1) is 8.91. The first kappa shape index (κ1) is 16.4. The van der Waals surface area contributed by atoms with Crippen LogP contribution in [0.25, 0.3) is 0 Å². The van der Waals surface area contributed by atoms with Crippen LogP contribution in [0.4, 0.5) is 0 Å². The average molecular weight is 302 g/mol. The molecule has 0 amide bonds. The average Bonchev–Trinajstić information content (AvgIpc) is 2.82. The summed E-state index contributed by atoms with van der Waals surface area (Å²) in [5.74, 6) is 0. The summed E-state index contributed by atoms with van der Waals surface area (Å²) in [4.78, 5) is 1.03. The number of nitrogens with zero attached hydrogens (tertiary/aromatic N) is 1. The molecule has 1 rings (SSSR count). The maximum atomic E-state index is 12.4. The van der Waals surface area contributed by atoms with Gasteiger partial charge in [0.15, 0.2) is 0 Å². The van der Waals surface area contributed by atoms with Crippen molar-refractivity contribution in [3.8, 4) is 0 Å². The Labute approximate surface area is 120 Å². The molecule has 4 nitrogen and oxygen atoms in total. The van der Waals surface area contributed by atoms with E-state index in [1.54, 1.807) is 12.1 Å². The van der Waals surface area contributed by atoms with Crippen molar-refractivity contribution in [3.05, 3.63) is 29.7 Å². The summed E-state index contributed by atoms with van der Waals surface area (Å²) in [5.41, 5.74) is 0. The van der Waals surface area contributed by atoms with E-state index >= 15 is 0 Å². The van der Waals surface area contributed by atoms with E-state index < -0.39 is 10.0 Å². The molecule has 0 saturated carbocycles. The van der Waals surface area contributed by atoms with Crippen LogP contribution in [0.1, 0.15) is 25.6 Å². The van der Waals surface area contributed by atoms with Gasteiger partial charge in [-0.25, -0.2) is 8.42 Å². The van der Waals surface area contributed by atoms with Crippen LogP contribution in [-0.2, 0) is 16.6 Å². The third-order valence-corrected chi connectivity index (χ3v) is 6.09. The molecule has 0 aliphatic heterocycles. The minimum Gasteiger partial charge on any atom is -0.310 e. The van der Waals surface area contributed by atoms with E-state index in [9.17, 15) is 8.42 Å². The molecule has 6 heteroatoms. The van der Waals surface area contributed by atoms with Crippen molar-refractivity contribution in [1.82, 2.24) is 9.62 Å². The van der Waals surface area contributed by atoms with Crippen molar-refractivity contribution in [2.45, 2.75) is 37.6 Å². The molecular formula is C13H22N2O2S2. The van der Waals surface area contributed by atoms with Crippen molar-refractivity contribution in [2.75, 3.05) is 13.1 Å². The Morgan fingerprint density at radius 1 is 1.47 bits per heavy atom. The molecule has 0 unspecified atom stereocenters. The quantitative estimate of drug-likeness (QED) is 0.750. The summed E-state index contributed by atoms with van der Waals surface area (Å²) in [7, 11) is -3.38. The summed E-state index contributed by atoms with van der Waals surface area (Å²) in [6.45, 7) is 11.0. The molecule has 108 valence electrons. The van der Waals surface area contributed by atoms with Crippen LogP contribution in [0.2, 0.25) is 0 Å². The molecule has 0 atom stereocenters. The fraction of sp³-hybridized carbons (Fsp3) is 0.538. The Balaban J connectivity index is 2.87. The van der Waals surface area contributed by atoms with E-state index in [-0.39, 0.29) is 0 Å². The van der Waals surface area contributed by atoms with Gasteiger partial charge >= 0.3 is 0 Å². The van der Waals surface area contributed by atoms with Gasteiger partial charge in [0, 0.05) is 30.6 Å². The third kappa shape index (κ3) is 4.42. The van der Waals surface area contributed by atoms with Gasteiger partial charge in [-0.15, -0.1) is 17.9 Å². The Kier molecular flexibility index (Phi) is 6.19. The van der Waals surface area contributed by atoms with Gasteiger partial charge in [-0.1, -0.05) is 26.8 Å². The first-order valence-corrected chi connectivity index (χ1v) is 8.60. The molecule has 0 aliphatic rings. The van der Waals surface area contributed by atoms with Crippen LogP contribution < -0.4 is 5.32 Å². The van der Waals surface area contributed by atoms with Crippen LogP contribution in [0.3, 0.4) is 0 Å². The van der Waals surface area contributed by atoms with E-state index in [1.165, 1.54) is 15.6 Å². The Hall–Kier alpha value is -0.690. The van der Waals surface area contributed by atoms with Gasteiger partial charge < -0.3 is 5.32 Å². The highest BCUT2D eigenvalue weighted by molar-refractivity contribution is 7.91. The van der Waals surface area contributed by atoms with Crippen LogP contribution in [0.15, 0.2) is 29.0 Å². The minimum atomic E-state index is -3.38. The van der Waals surface area contributed by atoms with Gasteiger partial charge in [0.1, 0.15) is 4.21 Å². The van der Waals surface area contributed by atoms with Crippen molar-refractivity contribution < 1.29 is 8.42 Å². The van der Waals surface area contributed by atoms with Crippen LogP contribution in [0.5, 0.6) is 0 Å². The highest BCUT2D eigenvalue weighted by atomic mass is 32.2. The highest BCUT2D eigenvalue weighted by Crippen LogP contribution is 2.24. The van der Waals surface area contributed by atoms with Crippen molar-refractivity contribution in [1.29, 1.82) is 0 Å². The lowest BCUT2D eigenvalue weighted by atomic mass is 10.4. The molecule has 19 heavy (non-hydrogen) atoms. The molecule has 0 aliphatic carbocycles. The zero-order valence-electron chi connectivity index (χ0n) is 11.7. The van der Waals surface area contributed by atoms with Crippen molar-refractivity contribution in [2.24, 2.45) is 0 Å². The number of likely N-dealkylation sites (N-methyl/N-ethyl adjacent to an activating group) is 1. The standard InChI is InChI=1S/C13H22N2O2S2/c1-5-9-15(6-2)19(16,17)13-8-7-12(18-13)10-14-11(3)4/h5,7-8,11,14H,1,6,9-10H2,2-4H3. The molecule has 0 fully saturated rings. The minimum absolute atomic E-state index is 0.344. The van der Waals surface area contributed by atoms with E-state index in [2.05, 4.69) is 25.7 Å². The molecule has 1 aromatic rings. The molecule has 0 spiro atoms. The largest absolute Gasteiger partial charge is 0.310 e. The summed E-state index contributed by atoms with van der Waals surface area (Å²) >= 11 is 1.32. The smallest absolute Gasteiger partial charge is 0.252 e. The van der Waals surface area contributed by atoms with Gasteiger partial charge in [0.05, 0.1) is 0 Å². The second-order valence-corrected chi connectivity index (χ2v) is 7.83. The Bertz CT molecular complexity index is 506. The van der Waals surface area contributed by atoms with Gasteiger partial charge in [-0.2, -0.15) is 4.31 Å². The lowest BCUT2D eigenvalue weighted by Crippen LogP contribution is -2.30. The van der Waals surface area contributed by atoms with Crippen molar-refractivity contribution >= 4 is 21.4 Å². The van der Waals surface area contributed by atoms with Crippen LogP contribution >= 0.6 is 11.3 Å². The summed E-state index contributed by atoms with van der Waals surface area (Å²) in [6.07, 6.45) is 1.61. The number of sulfonamides is 1. The highest BCUT2D eigenvalue weighted by Gasteiger charge is 2.23. The fourth-order valence-electron chi connectivity index (χ4n) is 1.57. The summed E-state index contributed by atoms with van der Waals surface area (Å²) in [6, 6.07) is 3.94. The summed E-state index contributed by atoms with van der Waals surface area (Å²) < 4.78 is 26.6. The lowest BCUT2D eigenvalue weighted by molar-refractivity contribution is 0.461. The zero-order chi connectivity index (χ0) is 14.5. The second kappa shape index (κ2) is 7.19. The van der Waals surface area contributed by atoms with E-state index in [1.807, 2.05) is 13.0 Å². The maximum Gasteiger partial charge on any atom is 0.252 e. The number of hydrogen-bond donors (Lipinski definition) is 1. The third-order valence-electron chi connectivity index (χ3n) is 2.60. The topological polar surface area (TPSA) is 49.4 Å². The molecule has 0 aromatic carbocycles. The molecule has 0 radical (unpaired) electrons. The monoisotopic (exact) mass is 302 g/mol. The van der Waals surface area contributed by atoms with Crippen molar-refractivity contribution in [3.63, 3.8) is 0 Å². The predicted molar refractivity (Wildman–Crippen MR) is 80.9 cm³/mol. The first-order valence-electron chi connectivity index (χ1n) is 6.35. The van der Waals surface area contributed by atoms with Gasteiger partial charge in [-0.3, -0.25) is 0 Å². The number of hydrogen-bond acceptors (Lipinski definition) is 4. The molecule has 1 aromatic heterocycles. The molecule has 0 saturated heterocycles. The molecule has 0 bridgehead atoms. The zero-order valence-corrected chi connectivity index (χ0v) is 13.4. The normalized spacial score (nSPS) is 12.3. The molecule has 1 N–H and O–H groups in total. The Morgan fingerprint density at radius 2 is 2.16 bits per heavy atom. The number of nitrogens with one attached hydrogen (secondary N) is 1. The SMILES string of the molecule is C=CCN(CC)S(=O)(=O)c1ccc(CNC(C)C)s1. The number of rotatable bonds is 8. The number of thiophene rings is 1. The maximum absolute atomic E-state index is 12.4. The molecular weight excluding hydrogens is 280 g/mol. The Morgan fingerprint density at radius 3 is 2.68 bits per heavy atom.